The highest BCUT2D eigenvalue weighted by molar-refractivity contribution is 5.89. The molecule has 5 heteroatoms. The van der Waals surface area contributed by atoms with E-state index >= 15 is 0 Å². The Kier molecular flexibility index (Phi) is 3.60. The number of carboxylic acids is 1. The zero-order valence-corrected chi connectivity index (χ0v) is 9.14. The van der Waals surface area contributed by atoms with Gasteiger partial charge in [0.05, 0.1) is 5.56 Å². The quantitative estimate of drug-likeness (QED) is 0.627. The summed E-state index contributed by atoms with van der Waals surface area (Å²) in [6, 6.07) is 4.71. The van der Waals surface area contributed by atoms with Crippen LogP contribution in [0.4, 0.5) is 0 Å². The van der Waals surface area contributed by atoms with Gasteiger partial charge in [-0.05, 0) is 23.6 Å². The molecule has 16 heavy (non-hydrogen) atoms. The Labute approximate surface area is 92.9 Å². The van der Waals surface area contributed by atoms with Crippen molar-refractivity contribution in [3.63, 3.8) is 0 Å². The van der Waals surface area contributed by atoms with E-state index in [9.17, 15) is 14.9 Å². The molecule has 5 nitrogen and oxygen atoms in total. The van der Waals surface area contributed by atoms with Crippen LogP contribution < -0.4 is 0 Å². The maximum Gasteiger partial charge on any atom is 0.336 e. The summed E-state index contributed by atoms with van der Waals surface area (Å²) in [6.45, 7) is 3.44. The maximum atomic E-state index is 10.9. The molecule has 1 rings (SSSR count). The van der Waals surface area contributed by atoms with Crippen molar-refractivity contribution in [1.82, 2.24) is 0 Å². The van der Waals surface area contributed by atoms with Crippen molar-refractivity contribution in [3.8, 4) is 0 Å². The molecule has 0 atom stereocenters. The highest BCUT2D eigenvalue weighted by Crippen LogP contribution is 2.19. The molecule has 0 bridgehead atoms. The largest absolute Gasteiger partial charge is 0.478 e. The van der Waals surface area contributed by atoms with Crippen LogP contribution in [0.1, 0.15) is 41.3 Å². The Morgan fingerprint density at radius 2 is 2.12 bits per heavy atom. The molecule has 0 amide bonds. The average molecular weight is 223 g/mol. The normalized spacial score (nSPS) is 10.4. The molecule has 0 unspecified atom stereocenters. The van der Waals surface area contributed by atoms with E-state index in [1.165, 1.54) is 6.07 Å². The van der Waals surface area contributed by atoms with Gasteiger partial charge < -0.3 is 5.11 Å². The van der Waals surface area contributed by atoms with Crippen molar-refractivity contribution in [2.45, 2.75) is 26.3 Å². The molecule has 1 N–H and O–H groups in total. The van der Waals surface area contributed by atoms with Crippen molar-refractivity contribution in [2.75, 3.05) is 0 Å². The average Bonchev–Trinajstić information content (AvgIpc) is 2.15. The molecule has 0 saturated carbocycles. The summed E-state index contributed by atoms with van der Waals surface area (Å²) in [5.41, 5.74) is 1.16. The van der Waals surface area contributed by atoms with E-state index in [-0.39, 0.29) is 17.0 Å². The molecule has 0 saturated heterocycles. The van der Waals surface area contributed by atoms with Gasteiger partial charge in [-0.15, -0.1) is 0 Å². The fourth-order valence-electron chi connectivity index (χ4n) is 1.45. The number of hydrogen-bond donors (Lipinski definition) is 1. The molecule has 0 aliphatic heterocycles. The minimum absolute atomic E-state index is 0.00102. The second-order valence-electron chi connectivity index (χ2n) is 3.87. The fourth-order valence-corrected chi connectivity index (χ4v) is 1.45. The lowest BCUT2D eigenvalue weighted by molar-refractivity contribution is -0.496. The van der Waals surface area contributed by atoms with Gasteiger partial charge in [-0.3, -0.25) is 10.1 Å². The first-order chi connectivity index (χ1) is 7.41. The number of benzene rings is 1. The molecule has 0 aromatic heterocycles. The molecular formula is C11H13NO4. The second-order valence-corrected chi connectivity index (χ2v) is 3.87. The molecule has 0 spiro atoms. The predicted octanol–water partition coefficient (Wildman–Crippen LogP) is 2.28. The Hall–Kier alpha value is -1.91. The summed E-state index contributed by atoms with van der Waals surface area (Å²) in [5.74, 6) is -0.916. The van der Waals surface area contributed by atoms with Crippen molar-refractivity contribution in [3.05, 3.63) is 45.0 Å². The van der Waals surface area contributed by atoms with Crippen LogP contribution in [0, 0.1) is 10.1 Å². The lowest BCUT2D eigenvalue weighted by Gasteiger charge is -2.08. The molecule has 0 aliphatic rings. The highest BCUT2D eigenvalue weighted by atomic mass is 16.6. The van der Waals surface area contributed by atoms with E-state index in [0.29, 0.717) is 0 Å². The smallest absolute Gasteiger partial charge is 0.336 e. The highest BCUT2D eigenvalue weighted by Gasteiger charge is 2.15. The summed E-state index contributed by atoms with van der Waals surface area (Å²) in [4.78, 5) is 20.8. The zero-order valence-electron chi connectivity index (χ0n) is 9.14. The van der Waals surface area contributed by atoms with Gasteiger partial charge in [0, 0.05) is 10.5 Å². The van der Waals surface area contributed by atoms with Gasteiger partial charge in [0.25, 0.3) is 0 Å². The van der Waals surface area contributed by atoms with E-state index < -0.39 is 17.4 Å². The Bertz CT molecular complexity index is 426. The molecular weight excluding hydrogens is 210 g/mol. The first-order valence-corrected chi connectivity index (χ1v) is 4.89. The van der Waals surface area contributed by atoms with E-state index in [4.69, 9.17) is 5.11 Å². The standard InChI is InChI=1S/C11H13NO4/c1-7(2)8-3-4-10(11(13)14)9(5-8)6-12(15)16/h3-5,7H,6H2,1-2H3,(H,13,14). The van der Waals surface area contributed by atoms with Gasteiger partial charge in [0.15, 0.2) is 0 Å². The number of nitro groups is 1. The van der Waals surface area contributed by atoms with Crippen LogP contribution in [-0.4, -0.2) is 16.0 Å². The number of rotatable bonds is 4. The van der Waals surface area contributed by atoms with Crippen LogP contribution in [0.25, 0.3) is 0 Å². The molecule has 1 aromatic rings. The van der Waals surface area contributed by atoms with E-state index in [2.05, 4.69) is 0 Å². The maximum absolute atomic E-state index is 10.9. The van der Waals surface area contributed by atoms with Crippen LogP contribution in [0.5, 0.6) is 0 Å². The summed E-state index contributed by atoms with van der Waals surface area (Å²) < 4.78 is 0. The number of aromatic carboxylic acids is 1. The van der Waals surface area contributed by atoms with Crippen molar-refractivity contribution in [1.29, 1.82) is 0 Å². The number of carboxylic acid groups (broad SMARTS) is 1. The first kappa shape index (κ1) is 12.2. The fraction of sp³-hybridized carbons (Fsp3) is 0.364. The van der Waals surface area contributed by atoms with Crippen LogP contribution in [0.3, 0.4) is 0 Å². The van der Waals surface area contributed by atoms with Gasteiger partial charge in [-0.1, -0.05) is 19.9 Å². The molecule has 1 aromatic carbocycles. The SMILES string of the molecule is CC(C)c1ccc(C(=O)O)c(C[N+](=O)[O-])c1. The van der Waals surface area contributed by atoms with Gasteiger partial charge >= 0.3 is 5.97 Å². The summed E-state index contributed by atoms with van der Waals surface area (Å²) >= 11 is 0. The Morgan fingerprint density at radius 3 is 2.56 bits per heavy atom. The van der Waals surface area contributed by atoms with Crippen LogP contribution in [-0.2, 0) is 6.54 Å². The van der Waals surface area contributed by atoms with Gasteiger partial charge in [0.2, 0.25) is 6.54 Å². The van der Waals surface area contributed by atoms with E-state index in [1.54, 1.807) is 12.1 Å². The number of hydrogen-bond acceptors (Lipinski definition) is 3. The Balaban J connectivity index is 3.20. The summed E-state index contributed by atoms with van der Waals surface area (Å²) in [6.07, 6.45) is 0. The number of carbonyl (C=O) groups is 1. The summed E-state index contributed by atoms with van der Waals surface area (Å²) in [5, 5.41) is 19.3. The molecule has 0 heterocycles. The first-order valence-electron chi connectivity index (χ1n) is 4.89. The third-order valence-electron chi connectivity index (χ3n) is 2.33. The third kappa shape index (κ3) is 2.79. The van der Waals surface area contributed by atoms with Gasteiger partial charge in [0.1, 0.15) is 0 Å². The van der Waals surface area contributed by atoms with Crippen LogP contribution in [0.15, 0.2) is 18.2 Å². The minimum Gasteiger partial charge on any atom is -0.478 e. The second kappa shape index (κ2) is 4.74. The third-order valence-corrected chi connectivity index (χ3v) is 2.33. The zero-order chi connectivity index (χ0) is 12.3. The minimum atomic E-state index is -1.13. The molecule has 0 aliphatic carbocycles. The monoisotopic (exact) mass is 223 g/mol. The van der Waals surface area contributed by atoms with Crippen molar-refractivity contribution in [2.24, 2.45) is 0 Å². The topological polar surface area (TPSA) is 80.4 Å². The summed E-state index contributed by atoms with van der Waals surface area (Å²) in [7, 11) is 0. The number of nitrogens with zero attached hydrogens (tertiary/aromatic N) is 1. The van der Waals surface area contributed by atoms with E-state index in [1.807, 2.05) is 13.8 Å². The molecule has 86 valence electrons. The van der Waals surface area contributed by atoms with Crippen molar-refractivity contribution < 1.29 is 14.8 Å². The Morgan fingerprint density at radius 1 is 1.50 bits per heavy atom. The van der Waals surface area contributed by atoms with Crippen molar-refractivity contribution >= 4 is 5.97 Å². The van der Waals surface area contributed by atoms with Crippen LogP contribution in [0.2, 0.25) is 0 Å². The van der Waals surface area contributed by atoms with E-state index in [0.717, 1.165) is 5.56 Å². The van der Waals surface area contributed by atoms with Crippen LogP contribution >= 0.6 is 0 Å². The lowest BCUT2D eigenvalue weighted by Crippen LogP contribution is -2.08. The van der Waals surface area contributed by atoms with Gasteiger partial charge in [-0.2, -0.15) is 0 Å². The predicted molar refractivity (Wildman–Crippen MR) is 58.2 cm³/mol. The lowest BCUT2D eigenvalue weighted by atomic mass is 9.97. The molecule has 0 fully saturated rings. The molecule has 0 radical (unpaired) electrons. The van der Waals surface area contributed by atoms with Gasteiger partial charge in [-0.25, -0.2) is 4.79 Å².